The average Bonchev–Trinajstić information content (AvgIpc) is 2.19. The van der Waals surface area contributed by atoms with Crippen LogP contribution in [0.2, 0.25) is 0 Å². The molecule has 0 saturated heterocycles. The summed E-state index contributed by atoms with van der Waals surface area (Å²) in [5.74, 6) is 0. The van der Waals surface area contributed by atoms with E-state index in [9.17, 15) is 13.5 Å². The zero-order valence-electron chi connectivity index (χ0n) is 8.16. The monoisotopic (exact) mass is 225 g/mol. The molecule has 0 heterocycles. The van der Waals surface area contributed by atoms with Gasteiger partial charge >= 0.3 is 0 Å². The van der Waals surface area contributed by atoms with Crippen LogP contribution >= 0.6 is 0 Å². The molecule has 1 N–H and O–H groups in total. The molecule has 0 fully saturated rings. The van der Waals surface area contributed by atoms with Crippen LogP contribution < -0.4 is 0 Å². The van der Waals surface area contributed by atoms with E-state index < -0.39 is 21.2 Å². The molecule has 4 nitrogen and oxygen atoms in total. The number of nitriles is 1. The van der Waals surface area contributed by atoms with Crippen molar-refractivity contribution >= 4 is 9.84 Å². The highest BCUT2D eigenvalue weighted by molar-refractivity contribution is 7.92. The van der Waals surface area contributed by atoms with Crippen molar-refractivity contribution in [3.05, 3.63) is 30.3 Å². The fourth-order valence-corrected chi connectivity index (χ4v) is 2.68. The minimum Gasteiger partial charge on any atom is -0.391 e. The van der Waals surface area contributed by atoms with Crippen molar-refractivity contribution in [1.29, 1.82) is 5.26 Å². The SMILES string of the molecule is C[C@@H](O)C(C#N)S(=O)(=O)c1ccccc1. The molecule has 0 spiro atoms. The average molecular weight is 225 g/mol. The van der Waals surface area contributed by atoms with Gasteiger partial charge in [-0.3, -0.25) is 0 Å². The molecule has 0 aliphatic carbocycles. The molecule has 1 aromatic carbocycles. The van der Waals surface area contributed by atoms with Gasteiger partial charge in [-0.2, -0.15) is 5.26 Å². The van der Waals surface area contributed by atoms with E-state index >= 15 is 0 Å². The lowest BCUT2D eigenvalue weighted by atomic mass is 10.3. The molecule has 1 rings (SSSR count). The van der Waals surface area contributed by atoms with Crippen molar-refractivity contribution in [2.75, 3.05) is 0 Å². The van der Waals surface area contributed by atoms with E-state index in [1.165, 1.54) is 19.1 Å². The maximum atomic E-state index is 11.8. The number of rotatable bonds is 3. The van der Waals surface area contributed by atoms with Crippen molar-refractivity contribution in [3.63, 3.8) is 0 Å². The topological polar surface area (TPSA) is 78.2 Å². The number of hydrogen-bond acceptors (Lipinski definition) is 4. The van der Waals surface area contributed by atoms with Crippen molar-refractivity contribution in [3.8, 4) is 6.07 Å². The van der Waals surface area contributed by atoms with Gasteiger partial charge in [0.2, 0.25) is 0 Å². The first-order valence-electron chi connectivity index (χ1n) is 4.37. The Labute approximate surface area is 88.7 Å². The van der Waals surface area contributed by atoms with Crippen molar-refractivity contribution in [1.82, 2.24) is 0 Å². The van der Waals surface area contributed by atoms with Gasteiger partial charge < -0.3 is 5.11 Å². The third kappa shape index (κ3) is 2.35. The van der Waals surface area contributed by atoms with Crippen LogP contribution in [0.4, 0.5) is 0 Å². The first kappa shape index (κ1) is 11.7. The summed E-state index contributed by atoms with van der Waals surface area (Å²) in [4.78, 5) is 0.0532. The number of benzene rings is 1. The van der Waals surface area contributed by atoms with Gasteiger partial charge in [-0.05, 0) is 19.1 Å². The van der Waals surface area contributed by atoms with Crippen molar-refractivity contribution < 1.29 is 13.5 Å². The molecule has 5 heteroatoms. The summed E-state index contributed by atoms with van der Waals surface area (Å²) in [5, 5.41) is 16.5. The fourth-order valence-electron chi connectivity index (χ4n) is 1.19. The number of hydrogen-bond donors (Lipinski definition) is 1. The van der Waals surface area contributed by atoms with Crippen LogP contribution in [0.25, 0.3) is 0 Å². The Bertz CT molecular complexity index is 459. The van der Waals surface area contributed by atoms with Gasteiger partial charge in [0.1, 0.15) is 0 Å². The molecule has 2 atom stereocenters. The van der Waals surface area contributed by atoms with E-state index in [-0.39, 0.29) is 4.90 Å². The third-order valence-corrected chi connectivity index (χ3v) is 4.07. The molecule has 0 saturated carbocycles. The molecule has 0 aliphatic rings. The smallest absolute Gasteiger partial charge is 0.197 e. The molecule has 0 aromatic heterocycles. The molecule has 15 heavy (non-hydrogen) atoms. The molecule has 1 unspecified atom stereocenters. The quantitative estimate of drug-likeness (QED) is 0.822. The Morgan fingerprint density at radius 3 is 2.27 bits per heavy atom. The molecule has 0 amide bonds. The molecule has 80 valence electrons. The first-order valence-corrected chi connectivity index (χ1v) is 5.91. The van der Waals surface area contributed by atoms with Crippen molar-refractivity contribution in [2.45, 2.75) is 23.2 Å². The molecule has 1 aromatic rings. The summed E-state index contributed by atoms with van der Waals surface area (Å²) in [6, 6.07) is 9.24. The lowest BCUT2D eigenvalue weighted by Gasteiger charge is -2.12. The summed E-state index contributed by atoms with van der Waals surface area (Å²) < 4.78 is 23.6. The third-order valence-electron chi connectivity index (χ3n) is 1.97. The lowest BCUT2D eigenvalue weighted by Crippen LogP contribution is -2.30. The summed E-state index contributed by atoms with van der Waals surface area (Å²) >= 11 is 0. The van der Waals surface area contributed by atoms with Crippen LogP contribution in [0.1, 0.15) is 6.92 Å². The maximum Gasteiger partial charge on any atom is 0.197 e. The van der Waals surface area contributed by atoms with E-state index in [4.69, 9.17) is 5.26 Å². The van der Waals surface area contributed by atoms with Crippen LogP contribution in [0, 0.1) is 11.3 Å². The highest BCUT2D eigenvalue weighted by atomic mass is 32.2. The predicted molar refractivity (Wildman–Crippen MR) is 54.7 cm³/mol. The Morgan fingerprint density at radius 1 is 1.33 bits per heavy atom. The van der Waals surface area contributed by atoms with Gasteiger partial charge in [0.25, 0.3) is 0 Å². The number of sulfone groups is 1. The molecule has 0 radical (unpaired) electrons. The standard InChI is InChI=1S/C10H11NO3S/c1-8(12)10(7-11)15(13,14)9-5-3-2-4-6-9/h2-6,8,10,12H,1H3/t8-,10?/m1/s1. The second kappa shape index (κ2) is 4.43. The van der Waals surface area contributed by atoms with Gasteiger partial charge in [-0.25, -0.2) is 8.42 Å². The second-order valence-corrected chi connectivity index (χ2v) is 5.22. The Kier molecular flexibility index (Phi) is 3.45. The number of aliphatic hydroxyl groups is 1. The minimum absolute atomic E-state index is 0.0532. The Hall–Kier alpha value is -1.38. The maximum absolute atomic E-state index is 11.8. The van der Waals surface area contributed by atoms with Gasteiger partial charge in [-0.15, -0.1) is 0 Å². The predicted octanol–water partition coefficient (Wildman–Crippen LogP) is 0.733. The molecule has 0 bridgehead atoms. The van der Waals surface area contributed by atoms with E-state index in [0.29, 0.717) is 0 Å². The summed E-state index contributed by atoms with van der Waals surface area (Å²) in [7, 11) is -3.76. The molecule has 0 aliphatic heterocycles. The van der Waals surface area contributed by atoms with E-state index in [0.717, 1.165) is 0 Å². The van der Waals surface area contributed by atoms with Crippen molar-refractivity contribution in [2.24, 2.45) is 0 Å². The summed E-state index contributed by atoms with van der Waals surface area (Å²) in [6.07, 6.45) is -1.21. The van der Waals surface area contributed by atoms with Crippen LogP contribution in [-0.2, 0) is 9.84 Å². The summed E-state index contributed by atoms with van der Waals surface area (Å²) in [5.41, 5.74) is 0. The van der Waals surface area contributed by atoms with Crippen LogP contribution in [-0.4, -0.2) is 24.9 Å². The number of aliphatic hydroxyl groups excluding tert-OH is 1. The van der Waals surface area contributed by atoms with E-state index in [2.05, 4.69) is 0 Å². The largest absolute Gasteiger partial charge is 0.391 e. The first-order chi connectivity index (χ1) is 7.00. The lowest BCUT2D eigenvalue weighted by molar-refractivity contribution is 0.202. The van der Waals surface area contributed by atoms with Crippen LogP contribution in [0.15, 0.2) is 35.2 Å². The molecular weight excluding hydrogens is 214 g/mol. The highest BCUT2D eigenvalue weighted by Gasteiger charge is 2.31. The zero-order valence-corrected chi connectivity index (χ0v) is 8.98. The molecular formula is C10H11NO3S. The minimum atomic E-state index is -3.76. The van der Waals surface area contributed by atoms with Gasteiger partial charge in [0, 0.05) is 0 Å². The van der Waals surface area contributed by atoms with Crippen LogP contribution in [0.3, 0.4) is 0 Å². The van der Waals surface area contributed by atoms with Gasteiger partial charge in [-0.1, -0.05) is 18.2 Å². The normalized spacial score (nSPS) is 15.3. The zero-order chi connectivity index (χ0) is 11.5. The second-order valence-electron chi connectivity index (χ2n) is 3.15. The van der Waals surface area contributed by atoms with Gasteiger partial charge in [0.15, 0.2) is 15.1 Å². The highest BCUT2D eigenvalue weighted by Crippen LogP contribution is 2.17. The number of nitrogens with zero attached hydrogens (tertiary/aromatic N) is 1. The van der Waals surface area contributed by atoms with Crippen LogP contribution in [0.5, 0.6) is 0 Å². The fraction of sp³-hybridized carbons (Fsp3) is 0.300. The Balaban J connectivity index is 3.20. The van der Waals surface area contributed by atoms with E-state index in [1.54, 1.807) is 24.3 Å². The Morgan fingerprint density at radius 2 is 1.87 bits per heavy atom. The van der Waals surface area contributed by atoms with Gasteiger partial charge in [0.05, 0.1) is 17.1 Å². The van der Waals surface area contributed by atoms with E-state index in [1.807, 2.05) is 0 Å². The summed E-state index contributed by atoms with van der Waals surface area (Å²) in [6.45, 7) is 1.29.